The molecule has 190 valence electrons. The molecule has 0 saturated carbocycles. The number of amides is 1. The average molecular weight is 499 g/mol. The number of carbonyl (C=O) groups excluding carboxylic acids is 2. The molecule has 0 radical (unpaired) electrons. The fourth-order valence-electron chi connectivity index (χ4n) is 4.40. The molecule has 37 heavy (non-hydrogen) atoms. The van der Waals surface area contributed by atoms with Crippen LogP contribution in [0.1, 0.15) is 42.6 Å². The molecule has 0 spiro atoms. The summed E-state index contributed by atoms with van der Waals surface area (Å²) in [6, 6.07) is 16.9. The van der Waals surface area contributed by atoms with Crippen LogP contribution in [0.2, 0.25) is 0 Å². The number of hydrogen-bond donors (Lipinski definition) is 1. The Hall–Kier alpha value is -3.88. The van der Waals surface area contributed by atoms with E-state index in [1.165, 1.54) is 0 Å². The van der Waals surface area contributed by atoms with E-state index in [9.17, 15) is 9.59 Å². The number of nitrogens with zero attached hydrogens (tertiary/aromatic N) is 3. The van der Waals surface area contributed by atoms with Crippen molar-refractivity contribution in [2.24, 2.45) is 0 Å². The summed E-state index contributed by atoms with van der Waals surface area (Å²) in [7, 11) is 0. The third-order valence-corrected chi connectivity index (χ3v) is 6.49. The molecule has 2 aromatic heterocycles. The van der Waals surface area contributed by atoms with E-state index < -0.39 is 11.7 Å². The minimum atomic E-state index is -0.763. The van der Waals surface area contributed by atoms with Gasteiger partial charge in [0.2, 0.25) is 0 Å². The van der Waals surface area contributed by atoms with Crippen LogP contribution in [0.25, 0.3) is 21.9 Å². The maximum Gasteiger partial charge on any atom is 0.298 e. The van der Waals surface area contributed by atoms with Gasteiger partial charge in [-0.15, -0.1) is 0 Å². The number of rotatable bonds is 6. The van der Waals surface area contributed by atoms with Crippen LogP contribution in [-0.2, 0) is 21.5 Å². The van der Waals surface area contributed by atoms with Gasteiger partial charge in [0.1, 0.15) is 5.76 Å². The molecule has 4 aromatic rings. The van der Waals surface area contributed by atoms with E-state index >= 15 is 0 Å². The minimum Gasteiger partial charge on any atom is -0.379 e. The summed E-state index contributed by atoms with van der Waals surface area (Å²) in [5, 5.41) is 8.03. The molecule has 8 heteroatoms. The first-order chi connectivity index (χ1) is 17.8. The number of aromatic nitrogens is 2. The summed E-state index contributed by atoms with van der Waals surface area (Å²) in [4.78, 5) is 33.0. The van der Waals surface area contributed by atoms with Crippen LogP contribution < -0.4 is 5.32 Å². The van der Waals surface area contributed by atoms with Crippen molar-refractivity contribution in [2.75, 3.05) is 31.6 Å². The molecule has 0 unspecified atom stereocenters. The molecule has 1 saturated heterocycles. The number of benzene rings is 2. The van der Waals surface area contributed by atoms with Crippen LogP contribution in [0.5, 0.6) is 0 Å². The monoisotopic (exact) mass is 498 g/mol. The summed E-state index contributed by atoms with van der Waals surface area (Å²) in [6.07, 6.45) is 1.86. The number of Topliss-reactive ketones (excluding diaryl/α,β-unsaturated/α-hetero) is 1. The van der Waals surface area contributed by atoms with Crippen molar-refractivity contribution in [1.82, 2.24) is 15.0 Å². The lowest BCUT2D eigenvalue weighted by Gasteiger charge is -2.26. The molecule has 1 fully saturated rings. The SMILES string of the molecule is CC(C)(C)c1cc(NC(=O)C(=O)c2ccc(-c3ccc(CN4CCOCC4)nc3)c3ccccc23)no1. The highest BCUT2D eigenvalue weighted by atomic mass is 16.5. The molecule has 5 rings (SSSR count). The van der Waals surface area contributed by atoms with Crippen molar-refractivity contribution in [1.29, 1.82) is 0 Å². The molecular formula is C29H30N4O4. The van der Waals surface area contributed by atoms with Gasteiger partial charge in [0, 0.05) is 48.4 Å². The second-order valence-electron chi connectivity index (χ2n) is 10.2. The second-order valence-corrected chi connectivity index (χ2v) is 10.2. The van der Waals surface area contributed by atoms with E-state index in [0.29, 0.717) is 16.7 Å². The Morgan fingerprint density at radius 2 is 1.76 bits per heavy atom. The standard InChI is InChI=1S/C29H30N4O4/c1-29(2,3)25-16-26(32-37-25)31-28(35)27(34)24-11-10-21(22-6-4-5-7-23(22)24)19-8-9-20(30-17-19)18-33-12-14-36-15-13-33/h4-11,16-17H,12-15,18H2,1-3H3,(H,31,32,35). The second kappa shape index (κ2) is 10.2. The average Bonchev–Trinajstić information content (AvgIpc) is 3.38. The quantitative estimate of drug-likeness (QED) is 0.300. The molecule has 0 bridgehead atoms. The molecule has 1 aliphatic heterocycles. The van der Waals surface area contributed by atoms with Crippen LogP contribution in [0.4, 0.5) is 5.82 Å². The van der Waals surface area contributed by atoms with E-state index in [0.717, 1.165) is 55.1 Å². The molecule has 3 heterocycles. The zero-order chi connectivity index (χ0) is 26.0. The first-order valence-corrected chi connectivity index (χ1v) is 12.4. The van der Waals surface area contributed by atoms with Crippen molar-refractivity contribution in [3.63, 3.8) is 0 Å². The third-order valence-electron chi connectivity index (χ3n) is 6.49. The lowest BCUT2D eigenvalue weighted by atomic mass is 9.93. The van der Waals surface area contributed by atoms with Gasteiger partial charge in [-0.3, -0.25) is 19.5 Å². The lowest BCUT2D eigenvalue weighted by molar-refractivity contribution is -0.112. The number of nitrogens with one attached hydrogen (secondary N) is 1. The topological polar surface area (TPSA) is 97.6 Å². The Bertz CT molecular complexity index is 1430. The summed E-state index contributed by atoms with van der Waals surface area (Å²) >= 11 is 0. The van der Waals surface area contributed by atoms with Crippen molar-refractivity contribution in [3.8, 4) is 11.1 Å². The largest absolute Gasteiger partial charge is 0.379 e. The molecule has 0 atom stereocenters. The van der Waals surface area contributed by atoms with Crippen LogP contribution in [0, 0.1) is 0 Å². The number of pyridine rings is 1. The molecule has 1 N–H and O–H groups in total. The highest BCUT2D eigenvalue weighted by Gasteiger charge is 2.24. The van der Waals surface area contributed by atoms with E-state index in [2.05, 4.69) is 26.4 Å². The van der Waals surface area contributed by atoms with Gasteiger partial charge in [0.25, 0.3) is 11.7 Å². The third kappa shape index (κ3) is 5.45. The number of fused-ring (bicyclic) bond motifs is 1. The number of morpholine rings is 1. The van der Waals surface area contributed by atoms with Crippen LogP contribution in [0.3, 0.4) is 0 Å². The summed E-state index contributed by atoms with van der Waals surface area (Å²) in [6.45, 7) is 10.0. The van der Waals surface area contributed by atoms with Gasteiger partial charge in [-0.2, -0.15) is 0 Å². The molecular weight excluding hydrogens is 468 g/mol. The van der Waals surface area contributed by atoms with E-state index in [-0.39, 0.29) is 11.2 Å². The van der Waals surface area contributed by atoms with E-state index in [4.69, 9.17) is 9.26 Å². The maximum atomic E-state index is 13.2. The Labute approximate surface area is 215 Å². The number of anilines is 1. The number of ketones is 1. The van der Waals surface area contributed by atoms with E-state index in [1.807, 2.05) is 63.4 Å². The lowest BCUT2D eigenvalue weighted by Crippen LogP contribution is -2.35. The van der Waals surface area contributed by atoms with Gasteiger partial charge in [-0.1, -0.05) is 62.3 Å². The highest BCUT2D eigenvalue weighted by Crippen LogP contribution is 2.31. The van der Waals surface area contributed by atoms with Crippen LogP contribution in [0.15, 0.2) is 65.3 Å². The summed E-state index contributed by atoms with van der Waals surface area (Å²) in [5.74, 6) is -0.565. The van der Waals surface area contributed by atoms with Crippen molar-refractivity contribution in [3.05, 3.63) is 77.8 Å². The predicted molar refractivity (Wildman–Crippen MR) is 141 cm³/mol. The normalized spacial score (nSPS) is 14.6. The molecule has 8 nitrogen and oxygen atoms in total. The Morgan fingerprint density at radius 3 is 2.43 bits per heavy atom. The minimum absolute atomic E-state index is 0.215. The van der Waals surface area contributed by atoms with Crippen molar-refractivity contribution >= 4 is 28.3 Å². The van der Waals surface area contributed by atoms with Crippen molar-refractivity contribution < 1.29 is 18.8 Å². The summed E-state index contributed by atoms with van der Waals surface area (Å²) in [5.41, 5.74) is 2.96. The zero-order valence-electron chi connectivity index (χ0n) is 21.3. The highest BCUT2D eigenvalue weighted by molar-refractivity contribution is 6.48. The van der Waals surface area contributed by atoms with Crippen LogP contribution >= 0.6 is 0 Å². The number of ether oxygens (including phenoxy) is 1. The van der Waals surface area contributed by atoms with Gasteiger partial charge in [-0.05, 0) is 28.5 Å². The predicted octanol–water partition coefficient (Wildman–Crippen LogP) is 4.84. The first kappa shape index (κ1) is 24.8. The molecule has 1 aliphatic rings. The number of carbonyl (C=O) groups is 2. The number of hydrogen-bond acceptors (Lipinski definition) is 7. The fourth-order valence-corrected chi connectivity index (χ4v) is 4.40. The summed E-state index contributed by atoms with van der Waals surface area (Å²) < 4.78 is 10.7. The van der Waals surface area contributed by atoms with Gasteiger partial charge in [0.15, 0.2) is 5.82 Å². The molecule has 1 amide bonds. The Kier molecular flexibility index (Phi) is 6.86. The fraction of sp³-hybridized carbons (Fsp3) is 0.310. The maximum absolute atomic E-state index is 13.2. The molecule has 2 aromatic carbocycles. The molecule has 0 aliphatic carbocycles. The van der Waals surface area contributed by atoms with Crippen molar-refractivity contribution in [2.45, 2.75) is 32.7 Å². The zero-order valence-corrected chi connectivity index (χ0v) is 21.3. The smallest absolute Gasteiger partial charge is 0.298 e. The Balaban J connectivity index is 1.38. The first-order valence-electron chi connectivity index (χ1n) is 12.4. The van der Waals surface area contributed by atoms with Gasteiger partial charge >= 0.3 is 0 Å². The Morgan fingerprint density at radius 1 is 1.00 bits per heavy atom. The van der Waals surface area contributed by atoms with E-state index in [1.54, 1.807) is 12.1 Å². The van der Waals surface area contributed by atoms with Gasteiger partial charge in [0.05, 0.1) is 18.9 Å². The van der Waals surface area contributed by atoms with Crippen LogP contribution in [-0.4, -0.2) is 53.0 Å². The van der Waals surface area contributed by atoms with Gasteiger partial charge < -0.3 is 14.6 Å². The van der Waals surface area contributed by atoms with Gasteiger partial charge in [-0.25, -0.2) is 0 Å².